The Balaban J connectivity index is 1.89. The summed E-state index contributed by atoms with van der Waals surface area (Å²) in [4.78, 5) is 22.1. The molecule has 2 aromatic rings. The third-order valence-electron chi connectivity index (χ3n) is 4.09. The zero-order valence-electron chi connectivity index (χ0n) is 13.8. The molecule has 2 aromatic heterocycles. The van der Waals surface area contributed by atoms with Crippen molar-refractivity contribution in [1.82, 2.24) is 24.6 Å². The van der Waals surface area contributed by atoms with E-state index in [1.165, 1.54) is 0 Å². The van der Waals surface area contributed by atoms with Crippen LogP contribution in [0.2, 0.25) is 0 Å². The summed E-state index contributed by atoms with van der Waals surface area (Å²) in [7, 11) is 1.62. The van der Waals surface area contributed by atoms with Crippen LogP contribution in [-0.2, 0) is 16.1 Å². The molecule has 24 heavy (non-hydrogen) atoms. The van der Waals surface area contributed by atoms with Crippen molar-refractivity contribution in [2.24, 2.45) is 5.73 Å². The van der Waals surface area contributed by atoms with E-state index in [-0.39, 0.29) is 18.4 Å². The SMILES string of the molecule is COCc1nc(C2CCCN(CC(N)=O)C2)n(-c2cccnc2)n1. The van der Waals surface area contributed by atoms with Crippen molar-refractivity contribution in [2.75, 3.05) is 26.7 Å². The smallest absolute Gasteiger partial charge is 0.231 e. The topological polar surface area (TPSA) is 99.2 Å². The molecule has 1 fully saturated rings. The Bertz CT molecular complexity index is 687. The van der Waals surface area contributed by atoms with Gasteiger partial charge in [0.1, 0.15) is 12.4 Å². The van der Waals surface area contributed by atoms with E-state index in [1.807, 2.05) is 16.8 Å². The second-order valence-corrected chi connectivity index (χ2v) is 5.98. The number of rotatable bonds is 6. The molecule has 1 aliphatic heterocycles. The van der Waals surface area contributed by atoms with Gasteiger partial charge in [0, 0.05) is 25.8 Å². The first-order valence-corrected chi connectivity index (χ1v) is 8.03. The fourth-order valence-corrected chi connectivity index (χ4v) is 3.12. The minimum absolute atomic E-state index is 0.191. The average Bonchev–Trinajstić information content (AvgIpc) is 3.00. The predicted molar refractivity (Wildman–Crippen MR) is 87.5 cm³/mol. The number of nitrogens with zero attached hydrogens (tertiary/aromatic N) is 5. The lowest BCUT2D eigenvalue weighted by Crippen LogP contribution is -2.40. The molecular weight excluding hydrogens is 308 g/mol. The normalized spacial score (nSPS) is 18.6. The minimum Gasteiger partial charge on any atom is -0.377 e. The van der Waals surface area contributed by atoms with Gasteiger partial charge >= 0.3 is 0 Å². The molecule has 1 atom stereocenters. The van der Waals surface area contributed by atoms with Gasteiger partial charge in [-0.3, -0.25) is 14.7 Å². The Labute approximate surface area is 140 Å². The van der Waals surface area contributed by atoms with Crippen LogP contribution in [0.15, 0.2) is 24.5 Å². The molecule has 0 aliphatic carbocycles. The maximum atomic E-state index is 11.2. The van der Waals surface area contributed by atoms with Gasteiger partial charge < -0.3 is 10.5 Å². The van der Waals surface area contributed by atoms with Gasteiger partial charge in [-0.25, -0.2) is 9.67 Å². The lowest BCUT2D eigenvalue weighted by molar-refractivity contribution is -0.119. The van der Waals surface area contributed by atoms with Gasteiger partial charge in [-0.15, -0.1) is 5.10 Å². The number of methoxy groups -OCH3 is 1. The van der Waals surface area contributed by atoms with E-state index in [0.29, 0.717) is 12.4 Å². The fourth-order valence-electron chi connectivity index (χ4n) is 3.12. The van der Waals surface area contributed by atoms with Crippen LogP contribution in [0.4, 0.5) is 0 Å². The third kappa shape index (κ3) is 3.77. The highest BCUT2D eigenvalue weighted by Crippen LogP contribution is 2.27. The van der Waals surface area contributed by atoms with Gasteiger partial charge in [-0.1, -0.05) is 0 Å². The summed E-state index contributed by atoms with van der Waals surface area (Å²) in [5, 5.41) is 4.56. The number of nitrogens with two attached hydrogens (primary N) is 1. The zero-order chi connectivity index (χ0) is 16.9. The van der Waals surface area contributed by atoms with E-state index in [2.05, 4.69) is 20.0 Å². The molecule has 2 N–H and O–H groups in total. The number of ether oxygens (including phenoxy) is 1. The van der Waals surface area contributed by atoms with E-state index in [0.717, 1.165) is 37.4 Å². The van der Waals surface area contributed by atoms with E-state index >= 15 is 0 Å². The second-order valence-electron chi connectivity index (χ2n) is 5.98. The van der Waals surface area contributed by atoms with E-state index in [1.54, 1.807) is 19.5 Å². The fraction of sp³-hybridized carbons (Fsp3) is 0.500. The molecule has 3 rings (SSSR count). The first-order valence-electron chi connectivity index (χ1n) is 8.03. The summed E-state index contributed by atoms with van der Waals surface area (Å²) in [6.07, 6.45) is 5.49. The number of hydrogen-bond donors (Lipinski definition) is 1. The Hall–Kier alpha value is -2.32. The molecule has 1 saturated heterocycles. The largest absolute Gasteiger partial charge is 0.377 e. The minimum atomic E-state index is -0.301. The Morgan fingerprint density at radius 2 is 2.38 bits per heavy atom. The molecule has 8 heteroatoms. The molecule has 1 amide bonds. The van der Waals surface area contributed by atoms with Crippen LogP contribution < -0.4 is 5.73 Å². The van der Waals surface area contributed by atoms with Crippen LogP contribution in [-0.4, -0.2) is 57.3 Å². The lowest BCUT2D eigenvalue weighted by atomic mass is 9.97. The molecule has 0 aromatic carbocycles. The number of carbonyl (C=O) groups excluding carboxylic acids is 1. The monoisotopic (exact) mass is 330 g/mol. The molecule has 8 nitrogen and oxygen atoms in total. The summed E-state index contributed by atoms with van der Waals surface area (Å²) < 4.78 is 7.00. The molecule has 0 saturated carbocycles. The highest BCUT2D eigenvalue weighted by atomic mass is 16.5. The average molecular weight is 330 g/mol. The van der Waals surface area contributed by atoms with Crippen LogP contribution in [0.25, 0.3) is 5.69 Å². The van der Waals surface area contributed by atoms with E-state index < -0.39 is 0 Å². The Kier molecular flexibility index (Phi) is 5.17. The standard InChI is InChI=1S/C16H22N6O2/c1-24-11-15-19-16(22(20-15)13-5-2-6-18-8-13)12-4-3-7-21(9-12)10-14(17)23/h2,5-6,8,12H,3-4,7,9-11H2,1H3,(H2,17,23). The van der Waals surface area contributed by atoms with Crippen LogP contribution in [0, 0.1) is 0 Å². The summed E-state index contributed by atoms with van der Waals surface area (Å²) >= 11 is 0. The maximum Gasteiger partial charge on any atom is 0.231 e. The van der Waals surface area contributed by atoms with Crippen LogP contribution in [0.1, 0.15) is 30.4 Å². The Morgan fingerprint density at radius 3 is 3.08 bits per heavy atom. The van der Waals surface area contributed by atoms with Crippen molar-refractivity contribution in [3.63, 3.8) is 0 Å². The van der Waals surface area contributed by atoms with Gasteiger partial charge in [0.2, 0.25) is 5.91 Å². The van der Waals surface area contributed by atoms with Gasteiger partial charge in [0.05, 0.1) is 18.4 Å². The second kappa shape index (κ2) is 7.50. The summed E-state index contributed by atoms with van der Waals surface area (Å²) in [5.74, 6) is 1.41. The van der Waals surface area contributed by atoms with Gasteiger partial charge in [0.25, 0.3) is 0 Å². The molecule has 1 aliphatic rings. The number of primary amides is 1. The molecule has 0 bridgehead atoms. The first-order chi connectivity index (χ1) is 11.7. The van der Waals surface area contributed by atoms with Crippen molar-refractivity contribution in [3.05, 3.63) is 36.2 Å². The van der Waals surface area contributed by atoms with E-state index in [9.17, 15) is 4.79 Å². The third-order valence-corrected chi connectivity index (χ3v) is 4.09. The first kappa shape index (κ1) is 16.5. The number of likely N-dealkylation sites (tertiary alicyclic amines) is 1. The molecule has 0 spiro atoms. The lowest BCUT2D eigenvalue weighted by Gasteiger charge is -2.31. The summed E-state index contributed by atoms with van der Waals surface area (Å²) in [5.41, 5.74) is 6.20. The van der Waals surface area contributed by atoms with Crippen molar-refractivity contribution in [3.8, 4) is 5.69 Å². The predicted octanol–water partition coefficient (Wildman–Crippen LogP) is 0.473. The van der Waals surface area contributed by atoms with Crippen molar-refractivity contribution in [2.45, 2.75) is 25.4 Å². The van der Waals surface area contributed by atoms with Crippen LogP contribution in [0.5, 0.6) is 0 Å². The number of pyridine rings is 1. The maximum absolute atomic E-state index is 11.2. The number of carbonyl (C=O) groups is 1. The molecule has 128 valence electrons. The molecule has 0 radical (unpaired) electrons. The highest BCUT2D eigenvalue weighted by molar-refractivity contribution is 5.75. The van der Waals surface area contributed by atoms with Crippen molar-refractivity contribution < 1.29 is 9.53 Å². The van der Waals surface area contributed by atoms with Gasteiger partial charge in [-0.05, 0) is 31.5 Å². The molecular formula is C16H22N6O2. The Morgan fingerprint density at radius 1 is 1.50 bits per heavy atom. The number of amides is 1. The van der Waals surface area contributed by atoms with Gasteiger partial charge in [0.15, 0.2) is 5.82 Å². The van der Waals surface area contributed by atoms with Crippen molar-refractivity contribution in [1.29, 1.82) is 0 Å². The quantitative estimate of drug-likeness (QED) is 0.827. The number of hydrogen-bond acceptors (Lipinski definition) is 6. The highest BCUT2D eigenvalue weighted by Gasteiger charge is 2.27. The molecule has 3 heterocycles. The number of piperidine rings is 1. The van der Waals surface area contributed by atoms with E-state index in [4.69, 9.17) is 10.5 Å². The summed E-state index contributed by atoms with van der Waals surface area (Å²) in [6.45, 7) is 2.26. The van der Waals surface area contributed by atoms with Crippen molar-refractivity contribution >= 4 is 5.91 Å². The summed E-state index contributed by atoms with van der Waals surface area (Å²) in [6, 6.07) is 3.82. The van der Waals surface area contributed by atoms with Crippen LogP contribution in [0.3, 0.4) is 0 Å². The van der Waals surface area contributed by atoms with Crippen LogP contribution >= 0.6 is 0 Å². The molecule has 1 unspecified atom stereocenters. The zero-order valence-corrected chi connectivity index (χ0v) is 13.8. The number of aromatic nitrogens is 4. The van der Waals surface area contributed by atoms with Gasteiger partial charge in [-0.2, -0.15) is 0 Å².